The summed E-state index contributed by atoms with van der Waals surface area (Å²) in [4.78, 5) is 4.25. The molecule has 0 spiro atoms. The Morgan fingerprint density at radius 3 is 2.30 bits per heavy atom. The molecule has 0 aliphatic carbocycles. The van der Waals surface area contributed by atoms with Crippen LogP contribution in [0.3, 0.4) is 0 Å². The summed E-state index contributed by atoms with van der Waals surface area (Å²) in [6.07, 6.45) is 0.982. The molecule has 2 heteroatoms. The van der Waals surface area contributed by atoms with E-state index in [9.17, 15) is 0 Å². The van der Waals surface area contributed by atoms with Gasteiger partial charge in [-0.2, -0.15) is 0 Å². The van der Waals surface area contributed by atoms with E-state index in [1.54, 1.807) is 0 Å². The summed E-state index contributed by atoms with van der Waals surface area (Å²) in [5, 5.41) is 0. The molecule has 0 fully saturated rings. The second-order valence-corrected chi connectivity index (χ2v) is 3.21. The van der Waals surface area contributed by atoms with Gasteiger partial charge < -0.3 is 0 Å². The molecule has 0 aromatic carbocycles. The standard InChI is InChI=1S/C8H13N.V/c1-5-7(3)8(4)9-6-2;/h3,5H2,1-2,4H3;. The van der Waals surface area contributed by atoms with Crippen molar-refractivity contribution in [2.24, 2.45) is 4.99 Å². The van der Waals surface area contributed by atoms with Gasteiger partial charge in [-0.3, -0.25) is 0 Å². The second-order valence-electron chi connectivity index (χ2n) is 2.20. The van der Waals surface area contributed by atoms with Crippen molar-refractivity contribution in [2.75, 3.05) is 0 Å². The van der Waals surface area contributed by atoms with Crippen molar-refractivity contribution in [1.82, 2.24) is 0 Å². The van der Waals surface area contributed by atoms with Gasteiger partial charge in [0.2, 0.25) is 0 Å². The molecule has 55 valence electrons. The van der Waals surface area contributed by atoms with E-state index in [-0.39, 0.29) is 0 Å². The molecule has 0 aromatic rings. The van der Waals surface area contributed by atoms with Crippen LogP contribution in [0.2, 0.25) is 0 Å². The minimum atomic E-state index is 0.982. The van der Waals surface area contributed by atoms with Crippen LogP contribution in [0.1, 0.15) is 27.2 Å². The van der Waals surface area contributed by atoms with Crippen LogP contribution in [0.25, 0.3) is 0 Å². The molecule has 0 amide bonds. The van der Waals surface area contributed by atoms with Gasteiger partial charge in [0.25, 0.3) is 0 Å². The third-order valence-electron chi connectivity index (χ3n) is 1.27. The van der Waals surface area contributed by atoms with E-state index in [4.69, 9.17) is 0 Å². The SMILES string of the molecule is C=C(CC)C(C)=N[C](C)=[V]. The van der Waals surface area contributed by atoms with Crippen LogP contribution in [0.5, 0.6) is 0 Å². The van der Waals surface area contributed by atoms with E-state index in [2.05, 4.69) is 35.5 Å². The van der Waals surface area contributed by atoms with Crippen molar-refractivity contribution in [3.05, 3.63) is 12.2 Å². The Bertz CT molecular complexity index is 180. The Balaban J connectivity index is 4.19. The molecule has 0 atom stereocenters. The molecule has 0 unspecified atom stereocenters. The monoisotopic (exact) mass is 174 g/mol. The molecular formula is C8H13NV. The van der Waals surface area contributed by atoms with E-state index >= 15 is 0 Å². The molecule has 10 heavy (non-hydrogen) atoms. The van der Waals surface area contributed by atoms with Crippen LogP contribution in [-0.2, 0) is 17.0 Å². The fourth-order valence-electron chi connectivity index (χ4n) is 0.578. The van der Waals surface area contributed by atoms with Crippen molar-refractivity contribution in [1.29, 1.82) is 0 Å². The summed E-state index contributed by atoms with van der Waals surface area (Å²) >= 11 is 2.42. The van der Waals surface area contributed by atoms with E-state index in [0.717, 1.165) is 22.1 Å². The first-order valence-electron chi connectivity index (χ1n) is 3.34. The zero-order chi connectivity index (χ0) is 8.15. The predicted octanol–water partition coefficient (Wildman–Crippen LogP) is 2.11. The second kappa shape index (κ2) is 4.64. The van der Waals surface area contributed by atoms with Crippen LogP contribution in [-0.4, -0.2) is 10.1 Å². The Hall–Kier alpha value is -0.136. The topological polar surface area (TPSA) is 12.4 Å². The molecule has 0 aromatic heterocycles. The summed E-state index contributed by atoms with van der Waals surface area (Å²) in [5.74, 6) is 0. The van der Waals surface area contributed by atoms with Crippen molar-refractivity contribution in [3.8, 4) is 0 Å². The summed E-state index contributed by atoms with van der Waals surface area (Å²) in [6.45, 7) is 9.91. The van der Waals surface area contributed by atoms with Gasteiger partial charge in [-0.1, -0.05) is 0 Å². The molecule has 0 bridgehead atoms. The Morgan fingerprint density at radius 1 is 1.50 bits per heavy atom. The Morgan fingerprint density at radius 2 is 2.00 bits per heavy atom. The first-order chi connectivity index (χ1) is 4.57. The average molecular weight is 174 g/mol. The van der Waals surface area contributed by atoms with Crippen LogP contribution in [0, 0.1) is 0 Å². The zero-order valence-corrected chi connectivity index (χ0v) is 8.21. The minimum absolute atomic E-state index is 0.982. The van der Waals surface area contributed by atoms with Crippen LogP contribution in [0.15, 0.2) is 17.1 Å². The van der Waals surface area contributed by atoms with Gasteiger partial charge in [0.15, 0.2) is 0 Å². The van der Waals surface area contributed by atoms with Gasteiger partial charge in [-0.25, -0.2) is 0 Å². The number of hydrogen-bond acceptors (Lipinski definition) is 1. The summed E-state index contributed by atoms with van der Waals surface area (Å²) in [5.41, 5.74) is 2.16. The van der Waals surface area contributed by atoms with Gasteiger partial charge in [-0.15, -0.1) is 0 Å². The van der Waals surface area contributed by atoms with Gasteiger partial charge in [0, 0.05) is 0 Å². The average Bonchev–Trinajstić information content (AvgIpc) is 1.85. The molecule has 0 saturated heterocycles. The Kier molecular flexibility index (Phi) is 4.58. The van der Waals surface area contributed by atoms with Crippen LogP contribution < -0.4 is 0 Å². The summed E-state index contributed by atoms with van der Waals surface area (Å²) in [7, 11) is 0. The molecule has 0 N–H and O–H groups in total. The molecule has 0 saturated carbocycles. The Labute approximate surface area is 71.7 Å². The van der Waals surface area contributed by atoms with E-state index in [0.29, 0.717) is 0 Å². The van der Waals surface area contributed by atoms with Gasteiger partial charge in [0.05, 0.1) is 0 Å². The van der Waals surface area contributed by atoms with Gasteiger partial charge in [0.1, 0.15) is 0 Å². The zero-order valence-electron chi connectivity index (χ0n) is 6.81. The summed E-state index contributed by atoms with van der Waals surface area (Å²) in [6, 6.07) is 0. The van der Waals surface area contributed by atoms with Gasteiger partial charge in [-0.05, 0) is 0 Å². The van der Waals surface area contributed by atoms with E-state index in [1.807, 2.05) is 13.8 Å². The van der Waals surface area contributed by atoms with Crippen molar-refractivity contribution in [2.45, 2.75) is 27.2 Å². The number of aliphatic imine (C=N–C) groups is 1. The first kappa shape index (κ1) is 9.86. The van der Waals surface area contributed by atoms with Crippen molar-refractivity contribution < 1.29 is 17.0 Å². The van der Waals surface area contributed by atoms with Gasteiger partial charge >= 0.3 is 71.4 Å². The normalized spacial score (nSPS) is 11.2. The number of allylic oxidation sites excluding steroid dienone is 1. The van der Waals surface area contributed by atoms with E-state index < -0.39 is 0 Å². The third-order valence-corrected chi connectivity index (χ3v) is 1.42. The molecule has 0 radical (unpaired) electrons. The number of rotatable bonds is 3. The fraction of sp³-hybridized carbons (Fsp3) is 0.500. The van der Waals surface area contributed by atoms with E-state index in [1.165, 1.54) is 0 Å². The number of nitrogens with zero attached hydrogens (tertiary/aromatic N) is 1. The maximum absolute atomic E-state index is 4.25. The molecule has 0 aliphatic rings. The molecule has 0 rings (SSSR count). The molecular weight excluding hydrogens is 161 g/mol. The van der Waals surface area contributed by atoms with Crippen molar-refractivity contribution in [3.63, 3.8) is 0 Å². The summed E-state index contributed by atoms with van der Waals surface area (Å²) < 4.78 is 1.03. The predicted molar refractivity (Wildman–Crippen MR) is 43.2 cm³/mol. The molecule has 0 heterocycles. The first-order valence-corrected chi connectivity index (χ1v) is 4.03. The molecule has 0 aliphatic heterocycles. The maximum atomic E-state index is 4.25. The third kappa shape index (κ3) is 3.81. The quantitative estimate of drug-likeness (QED) is 0.581. The fourth-order valence-corrected chi connectivity index (χ4v) is 0.812. The number of hydrogen-bond donors (Lipinski definition) is 0. The van der Waals surface area contributed by atoms with Crippen LogP contribution >= 0.6 is 0 Å². The molecule has 1 nitrogen and oxygen atoms in total. The van der Waals surface area contributed by atoms with Crippen molar-refractivity contribution >= 4 is 10.1 Å². The van der Waals surface area contributed by atoms with Crippen LogP contribution in [0.4, 0.5) is 0 Å².